The van der Waals surface area contributed by atoms with E-state index in [1.54, 1.807) is 27.7 Å². The van der Waals surface area contributed by atoms with Gasteiger partial charge in [0.05, 0.1) is 6.10 Å². The smallest absolute Gasteiger partial charge is 0.411 e. The second kappa shape index (κ2) is 4.52. The molecule has 6 heteroatoms. The number of carboxylic acids is 1. The molecule has 0 radical (unpaired) electrons. The van der Waals surface area contributed by atoms with Crippen LogP contribution >= 0.6 is 0 Å². The first-order valence-electron chi connectivity index (χ1n) is 5.54. The fourth-order valence-electron chi connectivity index (χ4n) is 1.82. The lowest BCUT2D eigenvalue weighted by Crippen LogP contribution is -2.47. The van der Waals surface area contributed by atoms with Gasteiger partial charge in [-0.25, -0.2) is 9.59 Å². The van der Waals surface area contributed by atoms with E-state index in [1.807, 2.05) is 0 Å². The highest BCUT2D eigenvalue weighted by Gasteiger charge is 2.46. The van der Waals surface area contributed by atoms with Gasteiger partial charge in [-0.1, -0.05) is 6.92 Å². The Morgan fingerprint density at radius 3 is 2.29 bits per heavy atom. The minimum atomic E-state index is -1.22. The Bertz CT molecular complexity index is 322. The van der Waals surface area contributed by atoms with E-state index in [2.05, 4.69) is 0 Å². The van der Waals surface area contributed by atoms with Crippen LogP contribution in [-0.4, -0.2) is 51.5 Å². The van der Waals surface area contributed by atoms with Crippen LogP contribution in [0.3, 0.4) is 0 Å². The van der Waals surface area contributed by atoms with Crippen molar-refractivity contribution in [2.75, 3.05) is 6.54 Å². The zero-order valence-electron chi connectivity index (χ0n) is 10.5. The Labute approximate surface area is 100 Å². The Balaban J connectivity index is 2.82. The number of hydrogen-bond donors (Lipinski definition) is 2. The third kappa shape index (κ3) is 3.09. The Kier molecular flexibility index (Phi) is 3.66. The molecule has 0 spiro atoms. The highest BCUT2D eigenvalue weighted by molar-refractivity contribution is 5.81. The number of nitrogens with zero attached hydrogens (tertiary/aromatic N) is 1. The summed E-state index contributed by atoms with van der Waals surface area (Å²) >= 11 is 0. The van der Waals surface area contributed by atoms with E-state index in [1.165, 1.54) is 0 Å². The molecule has 1 saturated heterocycles. The molecule has 6 nitrogen and oxygen atoms in total. The van der Waals surface area contributed by atoms with Gasteiger partial charge < -0.3 is 14.9 Å². The predicted octanol–water partition coefficient (Wildman–Crippen LogP) is 0.687. The molecule has 0 aromatic rings. The first-order chi connectivity index (χ1) is 7.63. The molecule has 1 rings (SSSR count). The number of carbonyl (C=O) groups is 2. The third-order valence-electron chi connectivity index (χ3n) is 2.61. The SMILES string of the molecule is C[C@H]1CN(C(=O)OC(C)(C)C)[C@H](C(=O)O)C1O. The van der Waals surface area contributed by atoms with E-state index < -0.39 is 29.8 Å². The summed E-state index contributed by atoms with van der Waals surface area (Å²) in [5, 5.41) is 18.7. The second-order valence-electron chi connectivity index (χ2n) is 5.38. The number of rotatable bonds is 1. The van der Waals surface area contributed by atoms with Gasteiger partial charge in [-0.3, -0.25) is 4.90 Å². The van der Waals surface area contributed by atoms with Crippen molar-refractivity contribution in [2.45, 2.75) is 45.4 Å². The molecule has 0 aromatic carbocycles. The van der Waals surface area contributed by atoms with E-state index in [0.29, 0.717) is 0 Å². The van der Waals surface area contributed by atoms with E-state index >= 15 is 0 Å². The maximum absolute atomic E-state index is 11.8. The molecule has 1 fully saturated rings. The van der Waals surface area contributed by atoms with Crippen LogP contribution < -0.4 is 0 Å². The van der Waals surface area contributed by atoms with Gasteiger partial charge in [-0.05, 0) is 20.8 Å². The molecule has 1 unspecified atom stereocenters. The average Bonchev–Trinajstić information content (AvgIpc) is 2.40. The minimum Gasteiger partial charge on any atom is -0.480 e. The highest BCUT2D eigenvalue weighted by atomic mass is 16.6. The number of carboxylic acid groups (broad SMARTS) is 1. The molecule has 0 aliphatic carbocycles. The summed E-state index contributed by atoms with van der Waals surface area (Å²) in [4.78, 5) is 23.9. The van der Waals surface area contributed by atoms with Crippen molar-refractivity contribution in [1.29, 1.82) is 0 Å². The van der Waals surface area contributed by atoms with E-state index in [-0.39, 0.29) is 12.5 Å². The van der Waals surface area contributed by atoms with Crippen molar-refractivity contribution < 1.29 is 24.5 Å². The van der Waals surface area contributed by atoms with Crippen LogP contribution in [0.25, 0.3) is 0 Å². The fraction of sp³-hybridized carbons (Fsp3) is 0.818. The van der Waals surface area contributed by atoms with Gasteiger partial charge in [0.15, 0.2) is 6.04 Å². The maximum atomic E-state index is 11.8. The zero-order valence-corrected chi connectivity index (χ0v) is 10.5. The standard InChI is InChI=1S/C11H19NO5/c1-6-5-12(7(8(6)13)9(14)15)10(16)17-11(2,3)4/h6-8,13H,5H2,1-4H3,(H,14,15)/t6-,7-,8?/m0/s1. The summed E-state index contributed by atoms with van der Waals surface area (Å²) in [5.74, 6) is -1.49. The summed E-state index contributed by atoms with van der Waals surface area (Å²) in [6.07, 6.45) is -1.76. The molecule has 1 amide bonds. The van der Waals surface area contributed by atoms with Gasteiger partial charge in [-0.2, -0.15) is 0 Å². The molecule has 17 heavy (non-hydrogen) atoms. The lowest BCUT2D eigenvalue weighted by Gasteiger charge is -2.27. The number of carbonyl (C=O) groups excluding carboxylic acids is 1. The van der Waals surface area contributed by atoms with Crippen molar-refractivity contribution in [2.24, 2.45) is 5.92 Å². The molecule has 0 saturated carbocycles. The number of aliphatic hydroxyl groups excluding tert-OH is 1. The molecule has 1 aliphatic heterocycles. The van der Waals surface area contributed by atoms with Crippen LogP contribution in [0.15, 0.2) is 0 Å². The van der Waals surface area contributed by atoms with Crippen LogP contribution in [0.4, 0.5) is 4.79 Å². The van der Waals surface area contributed by atoms with Gasteiger partial charge >= 0.3 is 12.1 Å². The van der Waals surface area contributed by atoms with Gasteiger partial charge in [0, 0.05) is 12.5 Å². The van der Waals surface area contributed by atoms with Crippen molar-refractivity contribution >= 4 is 12.1 Å². The van der Waals surface area contributed by atoms with E-state index in [9.17, 15) is 14.7 Å². The van der Waals surface area contributed by atoms with Crippen LogP contribution in [0, 0.1) is 5.92 Å². The number of hydrogen-bond acceptors (Lipinski definition) is 4. The Morgan fingerprint density at radius 2 is 1.88 bits per heavy atom. The molecule has 98 valence electrons. The lowest BCUT2D eigenvalue weighted by atomic mass is 10.0. The summed E-state index contributed by atoms with van der Waals surface area (Å²) in [5.41, 5.74) is -0.684. The number of ether oxygens (including phenoxy) is 1. The number of amides is 1. The fourth-order valence-corrected chi connectivity index (χ4v) is 1.82. The third-order valence-corrected chi connectivity index (χ3v) is 2.61. The largest absolute Gasteiger partial charge is 0.480 e. The summed E-state index contributed by atoms with van der Waals surface area (Å²) in [6.45, 7) is 7.00. The molecule has 3 atom stereocenters. The summed E-state index contributed by atoms with van der Waals surface area (Å²) in [6, 6.07) is -1.22. The second-order valence-corrected chi connectivity index (χ2v) is 5.38. The van der Waals surface area contributed by atoms with Crippen molar-refractivity contribution in [3.8, 4) is 0 Å². The normalized spacial score (nSPS) is 29.2. The van der Waals surface area contributed by atoms with Gasteiger partial charge in [0.25, 0.3) is 0 Å². The van der Waals surface area contributed by atoms with E-state index in [0.717, 1.165) is 4.90 Å². The molecule has 2 N–H and O–H groups in total. The maximum Gasteiger partial charge on any atom is 0.411 e. The zero-order chi connectivity index (χ0) is 13.4. The average molecular weight is 245 g/mol. The van der Waals surface area contributed by atoms with Gasteiger partial charge in [0.1, 0.15) is 5.60 Å². The molecular formula is C11H19NO5. The van der Waals surface area contributed by atoms with Crippen LogP contribution in [0.2, 0.25) is 0 Å². The first-order valence-corrected chi connectivity index (χ1v) is 5.54. The van der Waals surface area contributed by atoms with Crippen LogP contribution in [0.1, 0.15) is 27.7 Å². The first kappa shape index (κ1) is 13.8. The summed E-state index contributed by atoms with van der Waals surface area (Å²) in [7, 11) is 0. The van der Waals surface area contributed by atoms with Crippen molar-refractivity contribution in [1.82, 2.24) is 4.90 Å². The number of aliphatic carboxylic acids is 1. The molecule has 1 heterocycles. The molecule has 1 aliphatic rings. The highest BCUT2D eigenvalue weighted by Crippen LogP contribution is 2.25. The van der Waals surface area contributed by atoms with Gasteiger partial charge in [-0.15, -0.1) is 0 Å². The lowest BCUT2D eigenvalue weighted by molar-refractivity contribution is -0.145. The monoisotopic (exact) mass is 245 g/mol. The Morgan fingerprint density at radius 1 is 1.35 bits per heavy atom. The predicted molar refractivity (Wildman–Crippen MR) is 59.5 cm³/mol. The van der Waals surface area contributed by atoms with Crippen molar-refractivity contribution in [3.63, 3.8) is 0 Å². The van der Waals surface area contributed by atoms with Gasteiger partial charge in [0.2, 0.25) is 0 Å². The van der Waals surface area contributed by atoms with Crippen LogP contribution in [0.5, 0.6) is 0 Å². The summed E-state index contributed by atoms with van der Waals surface area (Å²) < 4.78 is 5.11. The van der Waals surface area contributed by atoms with Crippen molar-refractivity contribution in [3.05, 3.63) is 0 Å². The topological polar surface area (TPSA) is 87.1 Å². The molecule has 0 aromatic heterocycles. The number of aliphatic hydroxyl groups is 1. The quantitative estimate of drug-likeness (QED) is 0.709. The van der Waals surface area contributed by atoms with Crippen LogP contribution in [-0.2, 0) is 9.53 Å². The molecular weight excluding hydrogens is 226 g/mol. The van der Waals surface area contributed by atoms with E-state index in [4.69, 9.17) is 9.84 Å². The molecule has 0 bridgehead atoms. The number of likely N-dealkylation sites (tertiary alicyclic amines) is 1. The minimum absolute atomic E-state index is 0.188. The Hall–Kier alpha value is -1.30.